The average molecular weight is 193 g/mol. The van der Waals surface area contributed by atoms with E-state index in [1.165, 1.54) is 17.9 Å². The van der Waals surface area contributed by atoms with Crippen molar-refractivity contribution >= 4 is 0 Å². The van der Waals surface area contributed by atoms with Crippen molar-refractivity contribution in [3.05, 3.63) is 17.7 Å². The topological polar surface area (TPSA) is 43.8 Å². The summed E-state index contributed by atoms with van der Waals surface area (Å²) < 4.78 is 2.29. The highest BCUT2D eigenvalue weighted by Crippen LogP contribution is 2.22. The second-order valence-corrected chi connectivity index (χ2v) is 4.52. The van der Waals surface area contributed by atoms with Crippen molar-refractivity contribution in [2.75, 3.05) is 6.54 Å². The van der Waals surface area contributed by atoms with E-state index in [-0.39, 0.29) is 0 Å². The highest BCUT2D eigenvalue weighted by atomic mass is 15.1. The van der Waals surface area contributed by atoms with Crippen LogP contribution in [0.1, 0.15) is 37.7 Å². The van der Waals surface area contributed by atoms with E-state index < -0.39 is 0 Å². The van der Waals surface area contributed by atoms with Gasteiger partial charge in [-0.2, -0.15) is 0 Å². The molecule has 0 saturated carbocycles. The first-order valence-corrected chi connectivity index (χ1v) is 5.46. The van der Waals surface area contributed by atoms with Crippen molar-refractivity contribution in [1.82, 2.24) is 9.55 Å². The number of nitrogens with two attached hydrogens (primary N) is 1. The number of nitrogens with zero attached hydrogens (tertiary/aromatic N) is 2. The summed E-state index contributed by atoms with van der Waals surface area (Å²) in [5.41, 5.74) is 6.91. The summed E-state index contributed by atoms with van der Waals surface area (Å²) in [6, 6.07) is 0. The van der Waals surface area contributed by atoms with E-state index in [9.17, 15) is 0 Å². The van der Waals surface area contributed by atoms with Crippen molar-refractivity contribution in [3.8, 4) is 0 Å². The van der Waals surface area contributed by atoms with Crippen LogP contribution < -0.4 is 5.73 Å². The van der Waals surface area contributed by atoms with Crippen LogP contribution in [-0.4, -0.2) is 16.1 Å². The SMILES string of the molecule is CC(C)c1cn2c(n1)CC(CN)CC2. The van der Waals surface area contributed by atoms with Gasteiger partial charge in [0.1, 0.15) is 5.82 Å². The lowest BCUT2D eigenvalue weighted by atomic mass is 9.98. The van der Waals surface area contributed by atoms with Gasteiger partial charge in [-0.1, -0.05) is 13.8 Å². The largest absolute Gasteiger partial charge is 0.335 e. The molecule has 0 aliphatic carbocycles. The Morgan fingerprint density at radius 2 is 2.43 bits per heavy atom. The van der Waals surface area contributed by atoms with Gasteiger partial charge in [0.15, 0.2) is 0 Å². The first-order chi connectivity index (χ1) is 6.70. The summed E-state index contributed by atoms with van der Waals surface area (Å²) in [5, 5.41) is 0. The van der Waals surface area contributed by atoms with Gasteiger partial charge in [-0.15, -0.1) is 0 Å². The van der Waals surface area contributed by atoms with Crippen LogP contribution in [0.2, 0.25) is 0 Å². The van der Waals surface area contributed by atoms with E-state index >= 15 is 0 Å². The molecule has 0 amide bonds. The fourth-order valence-corrected chi connectivity index (χ4v) is 1.99. The van der Waals surface area contributed by atoms with Gasteiger partial charge < -0.3 is 10.3 Å². The second kappa shape index (κ2) is 3.73. The molecule has 3 nitrogen and oxygen atoms in total. The van der Waals surface area contributed by atoms with Crippen molar-refractivity contribution in [2.24, 2.45) is 11.7 Å². The van der Waals surface area contributed by atoms with E-state index in [0.29, 0.717) is 11.8 Å². The maximum atomic E-state index is 5.69. The molecule has 0 bridgehead atoms. The van der Waals surface area contributed by atoms with Crippen LogP contribution in [0.25, 0.3) is 0 Å². The highest BCUT2D eigenvalue weighted by Gasteiger charge is 2.19. The molecule has 78 valence electrons. The average Bonchev–Trinajstić information content (AvgIpc) is 2.59. The minimum absolute atomic E-state index is 0.532. The predicted molar refractivity (Wildman–Crippen MR) is 57.2 cm³/mol. The standard InChI is InChI=1S/C11H19N3/c1-8(2)10-7-14-4-3-9(6-12)5-11(14)13-10/h7-9H,3-6,12H2,1-2H3. The minimum atomic E-state index is 0.532. The van der Waals surface area contributed by atoms with Gasteiger partial charge >= 0.3 is 0 Å². The fourth-order valence-electron chi connectivity index (χ4n) is 1.99. The molecule has 1 atom stereocenters. The molecule has 0 saturated heterocycles. The Kier molecular flexibility index (Phi) is 2.59. The molecule has 2 rings (SSSR count). The summed E-state index contributed by atoms with van der Waals surface area (Å²) in [4.78, 5) is 4.66. The van der Waals surface area contributed by atoms with Crippen molar-refractivity contribution in [1.29, 1.82) is 0 Å². The molecule has 0 aromatic carbocycles. The first kappa shape index (κ1) is 9.71. The Balaban J connectivity index is 2.21. The Bertz CT molecular complexity index is 314. The van der Waals surface area contributed by atoms with Gasteiger partial charge in [-0.3, -0.25) is 0 Å². The molecule has 1 aliphatic rings. The minimum Gasteiger partial charge on any atom is -0.335 e. The molecule has 14 heavy (non-hydrogen) atoms. The molecule has 3 heteroatoms. The third kappa shape index (κ3) is 1.69. The summed E-state index contributed by atoms with van der Waals surface area (Å²) in [6.45, 7) is 6.27. The molecule has 0 radical (unpaired) electrons. The van der Waals surface area contributed by atoms with Crippen molar-refractivity contribution in [2.45, 2.75) is 39.2 Å². The van der Waals surface area contributed by atoms with Gasteiger partial charge in [-0.25, -0.2) is 4.98 Å². The van der Waals surface area contributed by atoms with Gasteiger partial charge in [0, 0.05) is 19.2 Å². The van der Waals surface area contributed by atoms with Crippen LogP contribution >= 0.6 is 0 Å². The highest BCUT2D eigenvalue weighted by molar-refractivity contribution is 5.10. The lowest BCUT2D eigenvalue weighted by molar-refractivity contribution is 0.389. The Labute approximate surface area is 85.3 Å². The van der Waals surface area contributed by atoms with Crippen molar-refractivity contribution < 1.29 is 0 Å². The first-order valence-electron chi connectivity index (χ1n) is 5.46. The Morgan fingerprint density at radius 1 is 1.64 bits per heavy atom. The van der Waals surface area contributed by atoms with E-state index in [0.717, 1.165) is 19.5 Å². The maximum absolute atomic E-state index is 5.69. The lowest BCUT2D eigenvalue weighted by Crippen LogP contribution is -2.25. The molecule has 1 aromatic heterocycles. The number of aryl methyl sites for hydroxylation is 1. The zero-order chi connectivity index (χ0) is 10.1. The summed E-state index contributed by atoms with van der Waals surface area (Å²) in [7, 11) is 0. The number of rotatable bonds is 2. The number of hydrogen-bond donors (Lipinski definition) is 1. The second-order valence-electron chi connectivity index (χ2n) is 4.52. The molecular weight excluding hydrogens is 174 g/mol. The smallest absolute Gasteiger partial charge is 0.109 e. The third-order valence-corrected chi connectivity index (χ3v) is 3.05. The van der Waals surface area contributed by atoms with Crippen LogP contribution in [0, 0.1) is 5.92 Å². The number of aromatic nitrogens is 2. The number of fused-ring (bicyclic) bond motifs is 1. The number of imidazole rings is 1. The van der Waals surface area contributed by atoms with Crippen LogP contribution in [0.4, 0.5) is 0 Å². The summed E-state index contributed by atoms with van der Waals surface area (Å²) >= 11 is 0. The van der Waals surface area contributed by atoms with Gasteiger partial charge in [-0.05, 0) is 24.8 Å². The van der Waals surface area contributed by atoms with Crippen LogP contribution in [-0.2, 0) is 13.0 Å². The van der Waals surface area contributed by atoms with Gasteiger partial charge in [0.05, 0.1) is 5.69 Å². The molecule has 2 heterocycles. The molecule has 2 N–H and O–H groups in total. The maximum Gasteiger partial charge on any atom is 0.109 e. The fraction of sp³-hybridized carbons (Fsp3) is 0.727. The normalized spacial score (nSPS) is 21.3. The van der Waals surface area contributed by atoms with Crippen LogP contribution in [0.5, 0.6) is 0 Å². The quantitative estimate of drug-likeness (QED) is 0.774. The Hall–Kier alpha value is -0.830. The molecule has 0 fully saturated rings. The number of hydrogen-bond acceptors (Lipinski definition) is 2. The summed E-state index contributed by atoms with van der Waals surface area (Å²) in [6.07, 6.45) is 4.47. The Morgan fingerprint density at radius 3 is 3.07 bits per heavy atom. The monoisotopic (exact) mass is 193 g/mol. The molecular formula is C11H19N3. The zero-order valence-electron chi connectivity index (χ0n) is 9.03. The van der Waals surface area contributed by atoms with Crippen LogP contribution in [0.15, 0.2) is 6.20 Å². The van der Waals surface area contributed by atoms with Crippen LogP contribution in [0.3, 0.4) is 0 Å². The molecule has 1 aliphatic heterocycles. The van der Waals surface area contributed by atoms with E-state index in [4.69, 9.17) is 5.73 Å². The molecule has 1 aromatic rings. The summed E-state index contributed by atoms with van der Waals surface area (Å²) in [5.74, 6) is 2.41. The lowest BCUT2D eigenvalue weighted by Gasteiger charge is -2.21. The zero-order valence-corrected chi connectivity index (χ0v) is 9.03. The predicted octanol–water partition coefficient (Wildman–Crippen LogP) is 1.53. The van der Waals surface area contributed by atoms with Gasteiger partial charge in [0.25, 0.3) is 0 Å². The molecule has 1 unspecified atom stereocenters. The van der Waals surface area contributed by atoms with E-state index in [1.54, 1.807) is 0 Å². The third-order valence-electron chi connectivity index (χ3n) is 3.05. The van der Waals surface area contributed by atoms with E-state index in [1.807, 2.05) is 0 Å². The molecule has 0 spiro atoms. The van der Waals surface area contributed by atoms with Crippen molar-refractivity contribution in [3.63, 3.8) is 0 Å². The van der Waals surface area contributed by atoms with E-state index in [2.05, 4.69) is 29.6 Å². The van der Waals surface area contributed by atoms with Gasteiger partial charge in [0.2, 0.25) is 0 Å².